The number of hydrogen-bond acceptors (Lipinski definition) is 2. The van der Waals surface area contributed by atoms with E-state index in [1.807, 2.05) is 18.2 Å². The molecular formula is C13H14N2O2. The molecule has 0 saturated heterocycles. The molecule has 0 amide bonds. The van der Waals surface area contributed by atoms with E-state index in [2.05, 4.69) is 10.2 Å². The van der Waals surface area contributed by atoms with Gasteiger partial charge in [0.25, 0.3) is 0 Å². The summed E-state index contributed by atoms with van der Waals surface area (Å²) in [5.41, 5.74) is 2.85. The molecule has 2 N–H and O–H groups in total. The number of fused-ring (bicyclic) bond motifs is 1. The van der Waals surface area contributed by atoms with Gasteiger partial charge >= 0.3 is 5.97 Å². The first-order chi connectivity index (χ1) is 8.18. The molecule has 1 saturated carbocycles. The van der Waals surface area contributed by atoms with Crippen molar-refractivity contribution in [1.82, 2.24) is 10.2 Å². The Hall–Kier alpha value is -1.84. The van der Waals surface area contributed by atoms with E-state index in [1.54, 1.807) is 6.92 Å². The predicted octanol–water partition coefficient (Wildman–Crippen LogP) is 2.63. The van der Waals surface area contributed by atoms with E-state index in [0.717, 1.165) is 22.2 Å². The first-order valence-corrected chi connectivity index (χ1v) is 5.88. The number of aliphatic carboxylic acids is 1. The molecule has 1 atom stereocenters. The van der Waals surface area contributed by atoms with Crippen LogP contribution in [0.5, 0.6) is 0 Å². The summed E-state index contributed by atoms with van der Waals surface area (Å²) in [6.07, 6.45) is 2.35. The van der Waals surface area contributed by atoms with Crippen molar-refractivity contribution in [1.29, 1.82) is 0 Å². The van der Waals surface area contributed by atoms with Crippen LogP contribution in [-0.4, -0.2) is 21.3 Å². The summed E-state index contributed by atoms with van der Waals surface area (Å²) < 4.78 is 0. The van der Waals surface area contributed by atoms with E-state index in [0.29, 0.717) is 5.92 Å². The second kappa shape index (κ2) is 3.58. The number of rotatable bonds is 3. The van der Waals surface area contributed by atoms with Crippen LogP contribution in [0.1, 0.15) is 42.9 Å². The van der Waals surface area contributed by atoms with Crippen LogP contribution in [0.15, 0.2) is 18.2 Å². The molecule has 1 unspecified atom stereocenters. The van der Waals surface area contributed by atoms with Gasteiger partial charge in [-0.25, -0.2) is 0 Å². The number of carbonyl (C=O) groups is 1. The fraction of sp³-hybridized carbons (Fsp3) is 0.385. The molecule has 1 aliphatic carbocycles. The van der Waals surface area contributed by atoms with Crippen LogP contribution in [0.4, 0.5) is 0 Å². The molecule has 2 aromatic rings. The number of nitrogens with one attached hydrogen (secondary N) is 1. The van der Waals surface area contributed by atoms with Crippen molar-refractivity contribution in [3.63, 3.8) is 0 Å². The average molecular weight is 230 g/mol. The maximum atomic E-state index is 11.1. The van der Waals surface area contributed by atoms with Crippen LogP contribution in [-0.2, 0) is 4.79 Å². The Bertz CT molecular complexity index is 584. The first kappa shape index (κ1) is 10.3. The summed E-state index contributed by atoms with van der Waals surface area (Å²) in [5, 5.41) is 17.5. The lowest BCUT2D eigenvalue weighted by Gasteiger charge is -2.09. The minimum atomic E-state index is -0.791. The van der Waals surface area contributed by atoms with Gasteiger partial charge in [-0.1, -0.05) is 12.1 Å². The van der Waals surface area contributed by atoms with Gasteiger partial charge in [-0.15, -0.1) is 0 Å². The lowest BCUT2D eigenvalue weighted by atomic mass is 9.95. The molecule has 0 radical (unpaired) electrons. The fourth-order valence-electron chi connectivity index (χ4n) is 2.28. The molecule has 4 heteroatoms. The van der Waals surface area contributed by atoms with Gasteiger partial charge in [-0.2, -0.15) is 5.10 Å². The van der Waals surface area contributed by atoms with Crippen molar-refractivity contribution in [3.8, 4) is 0 Å². The van der Waals surface area contributed by atoms with Crippen LogP contribution >= 0.6 is 0 Å². The Labute approximate surface area is 98.6 Å². The molecule has 88 valence electrons. The number of aromatic nitrogens is 2. The Balaban J connectivity index is 2.22. The van der Waals surface area contributed by atoms with E-state index in [-0.39, 0.29) is 0 Å². The van der Waals surface area contributed by atoms with Crippen molar-refractivity contribution in [3.05, 3.63) is 29.5 Å². The van der Waals surface area contributed by atoms with Gasteiger partial charge in [0, 0.05) is 17.0 Å². The average Bonchev–Trinajstić information content (AvgIpc) is 3.07. The number of carboxylic acid groups (broad SMARTS) is 1. The Kier molecular flexibility index (Phi) is 2.18. The molecule has 3 rings (SSSR count). The van der Waals surface area contributed by atoms with Crippen LogP contribution in [0.3, 0.4) is 0 Å². The zero-order chi connectivity index (χ0) is 12.0. The van der Waals surface area contributed by atoms with E-state index < -0.39 is 11.9 Å². The van der Waals surface area contributed by atoms with Crippen molar-refractivity contribution in [2.24, 2.45) is 0 Å². The second-order valence-electron chi connectivity index (χ2n) is 4.71. The van der Waals surface area contributed by atoms with Crippen LogP contribution in [0.2, 0.25) is 0 Å². The van der Waals surface area contributed by atoms with Crippen molar-refractivity contribution < 1.29 is 9.90 Å². The standard InChI is InChI=1S/C13H14N2O2/c1-7(13(16)17)9-3-2-4-10-11(9)12(15-14-10)8-5-6-8/h2-4,7-8H,5-6H2,1H3,(H,14,15)(H,16,17). The largest absolute Gasteiger partial charge is 0.481 e. The highest BCUT2D eigenvalue weighted by Gasteiger charge is 2.29. The van der Waals surface area contributed by atoms with E-state index in [1.165, 1.54) is 12.8 Å². The van der Waals surface area contributed by atoms with Gasteiger partial charge in [0.05, 0.1) is 11.4 Å². The number of nitrogens with zero attached hydrogens (tertiary/aromatic N) is 1. The molecule has 1 aromatic heterocycles. The van der Waals surface area contributed by atoms with Crippen molar-refractivity contribution >= 4 is 16.9 Å². The minimum absolute atomic E-state index is 0.492. The Morgan fingerprint density at radius 2 is 2.29 bits per heavy atom. The molecule has 0 bridgehead atoms. The highest BCUT2D eigenvalue weighted by Crippen LogP contribution is 2.43. The van der Waals surface area contributed by atoms with Gasteiger partial charge in [0.15, 0.2) is 0 Å². The van der Waals surface area contributed by atoms with E-state index in [9.17, 15) is 4.79 Å². The quantitative estimate of drug-likeness (QED) is 0.851. The highest BCUT2D eigenvalue weighted by molar-refractivity contribution is 5.90. The van der Waals surface area contributed by atoms with Gasteiger partial charge in [-0.3, -0.25) is 9.89 Å². The van der Waals surface area contributed by atoms with Gasteiger partial charge in [0.1, 0.15) is 0 Å². The summed E-state index contributed by atoms with van der Waals surface area (Å²) >= 11 is 0. The van der Waals surface area contributed by atoms with Crippen LogP contribution in [0.25, 0.3) is 10.9 Å². The smallest absolute Gasteiger partial charge is 0.310 e. The third-order valence-electron chi connectivity index (χ3n) is 3.46. The first-order valence-electron chi connectivity index (χ1n) is 5.88. The third-order valence-corrected chi connectivity index (χ3v) is 3.46. The van der Waals surface area contributed by atoms with Gasteiger partial charge in [-0.05, 0) is 31.4 Å². The predicted molar refractivity (Wildman–Crippen MR) is 64.1 cm³/mol. The Morgan fingerprint density at radius 3 is 2.94 bits per heavy atom. The lowest BCUT2D eigenvalue weighted by molar-refractivity contribution is -0.138. The topological polar surface area (TPSA) is 66.0 Å². The molecule has 17 heavy (non-hydrogen) atoms. The normalized spacial score (nSPS) is 17.2. The molecule has 0 aliphatic heterocycles. The van der Waals surface area contributed by atoms with Crippen LogP contribution < -0.4 is 0 Å². The Morgan fingerprint density at radius 1 is 1.53 bits per heavy atom. The lowest BCUT2D eigenvalue weighted by Crippen LogP contribution is -2.08. The molecule has 0 spiro atoms. The monoisotopic (exact) mass is 230 g/mol. The van der Waals surface area contributed by atoms with Crippen LogP contribution in [0, 0.1) is 0 Å². The number of aromatic amines is 1. The zero-order valence-corrected chi connectivity index (χ0v) is 9.60. The summed E-state index contributed by atoms with van der Waals surface area (Å²) in [6.45, 7) is 1.72. The second-order valence-corrected chi connectivity index (χ2v) is 4.71. The summed E-state index contributed by atoms with van der Waals surface area (Å²) in [5.74, 6) is -0.739. The summed E-state index contributed by atoms with van der Waals surface area (Å²) in [6, 6.07) is 5.69. The third kappa shape index (κ3) is 1.60. The number of carboxylic acids is 1. The maximum Gasteiger partial charge on any atom is 0.310 e. The fourth-order valence-corrected chi connectivity index (χ4v) is 2.28. The number of benzene rings is 1. The minimum Gasteiger partial charge on any atom is -0.481 e. The molecule has 1 heterocycles. The summed E-state index contributed by atoms with van der Waals surface area (Å²) in [7, 11) is 0. The number of hydrogen-bond donors (Lipinski definition) is 2. The molecule has 1 fully saturated rings. The maximum absolute atomic E-state index is 11.1. The molecular weight excluding hydrogens is 216 g/mol. The van der Waals surface area contributed by atoms with Crippen molar-refractivity contribution in [2.75, 3.05) is 0 Å². The molecule has 1 aliphatic rings. The molecule has 4 nitrogen and oxygen atoms in total. The summed E-state index contributed by atoms with van der Waals surface area (Å²) in [4.78, 5) is 11.1. The number of H-pyrrole nitrogens is 1. The highest BCUT2D eigenvalue weighted by atomic mass is 16.4. The molecule has 1 aromatic carbocycles. The van der Waals surface area contributed by atoms with Gasteiger partial charge < -0.3 is 5.11 Å². The van der Waals surface area contributed by atoms with Gasteiger partial charge in [0.2, 0.25) is 0 Å². The van der Waals surface area contributed by atoms with E-state index >= 15 is 0 Å². The van der Waals surface area contributed by atoms with E-state index in [4.69, 9.17) is 5.11 Å². The zero-order valence-electron chi connectivity index (χ0n) is 9.60. The SMILES string of the molecule is CC(C(=O)O)c1cccc2n[nH]c(C3CC3)c12. The van der Waals surface area contributed by atoms with Crippen molar-refractivity contribution in [2.45, 2.75) is 31.6 Å².